The second-order valence-electron chi connectivity index (χ2n) is 4.29. The standard InChI is InChI=1S/C13H21FN2O/c1-10(2)16(3)13-6-5-11(9-12(13)14)15-7-8-17-4/h5-6,9-10,15H,7-8H2,1-4H3. The van der Waals surface area contributed by atoms with Crippen molar-refractivity contribution in [2.45, 2.75) is 19.9 Å². The van der Waals surface area contributed by atoms with Crippen LogP contribution in [0.15, 0.2) is 18.2 Å². The molecule has 4 heteroatoms. The molecule has 3 nitrogen and oxygen atoms in total. The number of anilines is 2. The third kappa shape index (κ3) is 3.89. The van der Waals surface area contributed by atoms with Gasteiger partial charge in [0.1, 0.15) is 5.82 Å². The first-order valence-corrected chi connectivity index (χ1v) is 5.81. The lowest BCUT2D eigenvalue weighted by Crippen LogP contribution is -2.26. The van der Waals surface area contributed by atoms with Gasteiger partial charge < -0.3 is 15.0 Å². The Morgan fingerprint density at radius 2 is 2.12 bits per heavy atom. The van der Waals surface area contributed by atoms with Crippen LogP contribution in [0.3, 0.4) is 0 Å². The van der Waals surface area contributed by atoms with Gasteiger partial charge >= 0.3 is 0 Å². The summed E-state index contributed by atoms with van der Waals surface area (Å²) in [5, 5.41) is 3.10. The van der Waals surface area contributed by atoms with Crippen molar-refractivity contribution in [3.8, 4) is 0 Å². The molecule has 1 rings (SSSR count). The lowest BCUT2D eigenvalue weighted by molar-refractivity contribution is 0.211. The number of benzene rings is 1. The molecule has 0 aliphatic heterocycles. The Morgan fingerprint density at radius 3 is 2.65 bits per heavy atom. The van der Waals surface area contributed by atoms with Gasteiger partial charge in [0.15, 0.2) is 0 Å². The van der Waals surface area contributed by atoms with Crippen molar-refractivity contribution in [2.24, 2.45) is 0 Å². The molecule has 0 amide bonds. The molecule has 0 saturated carbocycles. The summed E-state index contributed by atoms with van der Waals surface area (Å²) in [5.74, 6) is -0.205. The number of methoxy groups -OCH3 is 1. The molecule has 96 valence electrons. The molecule has 0 spiro atoms. The van der Waals surface area contributed by atoms with E-state index in [0.717, 1.165) is 5.69 Å². The zero-order chi connectivity index (χ0) is 12.8. The third-order valence-electron chi connectivity index (χ3n) is 2.74. The monoisotopic (exact) mass is 240 g/mol. The first kappa shape index (κ1) is 13.8. The number of nitrogens with one attached hydrogen (secondary N) is 1. The molecule has 0 atom stereocenters. The van der Waals surface area contributed by atoms with Crippen molar-refractivity contribution in [3.05, 3.63) is 24.0 Å². The average molecular weight is 240 g/mol. The van der Waals surface area contributed by atoms with E-state index < -0.39 is 0 Å². The summed E-state index contributed by atoms with van der Waals surface area (Å²) < 4.78 is 18.8. The number of ether oxygens (including phenoxy) is 1. The summed E-state index contributed by atoms with van der Waals surface area (Å²) >= 11 is 0. The van der Waals surface area contributed by atoms with E-state index in [-0.39, 0.29) is 11.9 Å². The lowest BCUT2D eigenvalue weighted by atomic mass is 10.2. The van der Waals surface area contributed by atoms with Gasteiger partial charge in [-0.1, -0.05) is 0 Å². The summed E-state index contributed by atoms with van der Waals surface area (Å²) in [6.45, 7) is 5.35. The van der Waals surface area contributed by atoms with Gasteiger partial charge in [0.2, 0.25) is 0 Å². The highest BCUT2D eigenvalue weighted by atomic mass is 19.1. The maximum atomic E-state index is 13.9. The van der Waals surface area contributed by atoms with Gasteiger partial charge in [-0.2, -0.15) is 0 Å². The van der Waals surface area contributed by atoms with Crippen molar-refractivity contribution >= 4 is 11.4 Å². The Hall–Kier alpha value is -1.29. The first-order chi connectivity index (χ1) is 8.06. The minimum Gasteiger partial charge on any atom is -0.383 e. The second kappa shape index (κ2) is 6.45. The van der Waals surface area contributed by atoms with Gasteiger partial charge in [0.05, 0.1) is 12.3 Å². The molecular formula is C13H21FN2O. The van der Waals surface area contributed by atoms with Gasteiger partial charge in [-0.3, -0.25) is 0 Å². The van der Waals surface area contributed by atoms with E-state index in [0.29, 0.717) is 18.8 Å². The van der Waals surface area contributed by atoms with E-state index in [1.54, 1.807) is 13.2 Å². The minimum atomic E-state index is -0.205. The molecule has 1 N–H and O–H groups in total. The summed E-state index contributed by atoms with van der Waals surface area (Å²) in [7, 11) is 3.53. The number of rotatable bonds is 6. The molecule has 0 aromatic heterocycles. The Bertz CT molecular complexity index is 355. The van der Waals surface area contributed by atoms with Crippen LogP contribution in [0.5, 0.6) is 0 Å². The van der Waals surface area contributed by atoms with Crippen molar-refractivity contribution in [1.29, 1.82) is 0 Å². The largest absolute Gasteiger partial charge is 0.383 e. The van der Waals surface area contributed by atoms with E-state index >= 15 is 0 Å². The maximum Gasteiger partial charge on any atom is 0.148 e. The number of halogens is 1. The van der Waals surface area contributed by atoms with E-state index in [2.05, 4.69) is 5.32 Å². The molecule has 0 fully saturated rings. The topological polar surface area (TPSA) is 24.5 Å². The average Bonchev–Trinajstić information content (AvgIpc) is 2.28. The van der Waals surface area contributed by atoms with Crippen LogP contribution in [0.2, 0.25) is 0 Å². The smallest absolute Gasteiger partial charge is 0.148 e. The molecule has 0 radical (unpaired) electrons. The molecule has 0 aliphatic carbocycles. The van der Waals surface area contributed by atoms with E-state index in [1.165, 1.54) is 6.07 Å². The fourth-order valence-corrected chi connectivity index (χ4v) is 1.48. The van der Waals surface area contributed by atoms with E-state index in [1.807, 2.05) is 31.9 Å². The van der Waals surface area contributed by atoms with Crippen molar-refractivity contribution in [1.82, 2.24) is 0 Å². The summed E-state index contributed by atoms with van der Waals surface area (Å²) in [6.07, 6.45) is 0. The predicted molar refractivity (Wildman–Crippen MR) is 70.3 cm³/mol. The Morgan fingerprint density at radius 1 is 1.41 bits per heavy atom. The van der Waals surface area contributed by atoms with Crippen molar-refractivity contribution in [3.63, 3.8) is 0 Å². The number of hydrogen-bond acceptors (Lipinski definition) is 3. The fourth-order valence-electron chi connectivity index (χ4n) is 1.48. The second-order valence-corrected chi connectivity index (χ2v) is 4.29. The normalized spacial score (nSPS) is 10.7. The van der Waals surface area contributed by atoms with Gasteiger partial charge in [0.25, 0.3) is 0 Å². The fraction of sp³-hybridized carbons (Fsp3) is 0.538. The predicted octanol–water partition coefficient (Wildman–Crippen LogP) is 2.73. The quantitative estimate of drug-likeness (QED) is 0.774. The summed E-state index contributed by atoms with van der Waals surface area (Å²) in [5.41, 5.74) is 1.40. The van der Waals surface area contributed by atoms with Crippen LogP contribution in [0.4, 0.5) is 15.8 Å². The molecule has 1 aromatic carbocycles. The van der Waals surface area contributed by atoms with Crippen LogP contribution in [0, 0.1) is 5.82 Å². The Balaban J connectivity index is 2.72. The molecule has 1 aromatic rings. The highest BCUT2D eigenvalue weighted by Gasteiger charge is 2.10. The van der Waals surface area contributed by atoms with Crippen LogP contribution in [0.1, 0.15) is 13.8 Å². The molecule has 0 heterocycles. The highest BCUT2D eigenvalue weighted by Crippen LogP contribution is 2.23. The lowest BCUT2D eigenvalue weighted by Gasteiger charge is -2.24. The van der Waals surface area contributed by atoms with Crippen LogP contribution < -0.4 is 10.2 Å². The molecular weight excluding hydrogens is 219 g/mol. The summed E-state index contributed by atoms with van der Waals surface area (Å²) in [4.78, 5) is 1.91. The zero-order valence-electron chi connectivity index (χ0n) is 11.0. The van der Waals surface area contributed by atoms with Gasteiger partial charge in [-0.15, -0.1) is 0 Å². The zero-order valence-corrected chi connectivity index (χ0v) is 11.0. The molecule has 0 bridgehead atoms. The highest BCUT2D eigenvalue weighted by molar-refractivity contribution is 5.56. The van der Waals surface area contributed by atoms with Crippen LogP contribution in [0.25, 0.3) is 0 Å². The minimum absolute atomic E-state index is 0.205. The van der Waals surface area contributed by atoms with E-state index in [4.69, 9.17) is 4.74 Å². The van der Waals surface area contributed by atoms with Crippen LogP contribution in [-0.2, 0) is 4.74 Å². The van der Waals surface area contributed by atoms with E-state index in [9.17, 15) is 4.39 Å². The van der Waals surface area contributed by atoms with Crippen molar-refractivity contribution in [2.75, 3.05) is 37.5 Å². The molecule has 17 heavy (non-hydrogen) atoms. The van der Waals surface area contributed by atoms with Gasteiger partial charge in [-0.25, -0.2) is 4.39 Å². The van der Waals surface area contributed by atoms with Crippen molar-refractivity contribution < 1.29 is 9.13 Å². The summed E-state index contributed by atoms with van der Waals surface area (Å²) in [6, 6.07) is 5.47. The SMILES string of the molecule is COCCNc1ccc(N(C)C(C)C)c(F)c1. The van der Waals surface area contributed by atoms with Gasteiger partial charge in [0, 0.05) is 32.4 Å². The first-order valence-electron chi connectivity index (χ1n) is 5.81. The van der Waals surface area contributed by atoms with Crippen LogP contribution in [-0.4, -0.2) is 33.4 Å². The third-order valence-corrected chi connectivity index (χ3v) is 2.74. The molecule has 0 unspecified atom stereocenters. The van der Waals surface area contributed by atoms with Crippen LogP contribution >= 0.6 is 0 Å². The number of hydrogen-bond donors (Lipinski definition) is 1. The Labute approximate surface area is 103 Å². The van der Waals surface area contributed by atoms with Gasteiger partial charge in [-0.05, 0) is 32.0 Å². The maximum absolute atomic E-state index is 13.9. The number of nitrogens with zero attached hydrogens (tertiary/aromatic N) is 1. The Kier molecular flexibility index (Phi) is 5.22. The molecule has 0 aliphatic rings. The molecule has 0 saturated heterocycles.